The Morgan fingerprint density at radius 2 is 1.84 bits per heavy atom. The number of methoxy groups -OCH3 is 1. The fourth-order valence-corrected chi connectivity index (χ4v) is 4.09. The molecule has 0 aliphatic heterocycles. The maximum absolute atomic E-state index is 12.0. The normalized spacial score (nSPS) is 11.8. The fraction of sp³-hybridized carbons (Fsp3) is 0.321. The summed E-state index contributed by atoms with van der Waals surface area (Å²) in [4.78, 5) is 12.0. The Kier molecular flexibility index (Phi) is 7.93. The summed E-state index contributed by atoms with van der Waals surface area (Å²) in [6.45, 7) is 8.15. The number of fused-ring (bicyclic) bond motifs is 1. The number of phenolic OH excluding ortho intramolecular Hbond substituents is 1. The number of esters is 1. The molecule has 0 saturated carbocycles. The molecule has 0 amide bonds. The number of hydrogen-bond donors (Lipinski definition) is 1. The first-order valence-electron chi connectivity index (χ1n) is 11.2. The van der Waals surface area contributed by atoms with Gasteiger partial charge >= 0.3 is 5.97 Å². The Morgan fingerprint density at radius 3 is 2.53 bits per heavy atom. The quantitative estimate of drug-likeness (QED) is 0.279. The lowest BCUT2D eigenvalue weighted by molar-refractivity contribution is 0.0526. The van der Waals surface area contributed by atoms with Crippen molar-refractivity contribution in [1.82, 2.24) is 0 Å². The van der Waals surface area contributed by atoms with Gasteiger partial charge in [-0.05, 0) is 84.5 Å². The highest BCUT2D eigenvalue weighted by Gasteiger charge is 2.13. The molecular formula is C28H32O4. The van der Waals surface area contributed by atoms with E-state index in [9.17, 15) is 9.90 Å². The van der Waals surface area contributed by atoms with E-state index in [4.69, 9.17) is 9.47 Å². The van der Waals surface area contributed by atoms with E-state index in [2.05, 4.69) is 19.6 Å². The third-order valence-corrected chi connectivity index (χ3v) is 5.96. The molecule has 3 aromatic rings. The second kappa shape index (κ2) is 10.9. The highest BCUT2D eigenvalue weighted by Crippen LogP contribution is 2.34. The number of carbonyl (C=O) groups is 1. The molecule has 0 aromatic heterocycles. The highest BCUT2D eigenvalue weighted by atomic mass is 16.5. The lowest BCUT2D eigenvalue weighted by atomic mass is 9.92. The van der Waals surface area contributed by atoms with Crippen LogP contribution in [0.4, 0.5) is 0 Å². The summed E-state index contributed by atoms with van der Waals surface area (Å²) in [6.07, 6.45) is 6.17. The first-order chi connectivity index (χ1) is 15.5. The van der Waals surface area contributed by atoms with Gasteiger partial charge in [0.1, 0.15) is 11.5 Å². The molecule has 4 nitrogen and oxygen atoms in total. The van der Waals surface area contributed by atoms with E-state index in [-0.39, 0.29) is 5.75 Å². The molecule has 0 bridgehead atoms. The van der Waals surface area contributed by atoms with Crippen molar-refractivity contribution in [2.75, 3.05) is 13.7 Å². The van der Waals surface area contributed by atoms with Crippen molar-refractivity contribution in [1.29, 1.82) is 0 Å². The molecule has 1 atom stereocenters. The topological polar surface area (TPSA) is 55.8 Å². The molecule has 3 rings (SSSR count). The molecule has 32 heavy (non-hydrogen) atoms. The molecule has 1 N–H and O–H groups in total. The molecule has 0 aliphatic carbocycles. The molecule has 168 valence electrons. The average Bonchev–Trinajstić information content (AvgIpc) is 2.81. The van der Waals surface area contributed by atoms with Gasteiger partial charge in [-0.25, -0.2) is 4.79 Å². The number of phenols is 1. The lowest BCUT2D eigenvalue weighted by Crippen LogP contribution is -2.04. The summed E-state index contributed by atoms with van der Waals surface area (Å²) < 4.78 is 10.7. The van der Waals surface area contributed by atoms with Gasteiger partial charge in [0.25, 0.3) is 0 Å². The van der Waals surface area contributed by atoms with Crippen LogP contribution in [0.15, 0.2) is 61.2 Å². The number of benzene rings is 3. The van der Waals surface area contributed by atoms with E-state index in [1.54, 1.807) is 20.1 Å². The maximum Gasteiger partial charge on any atom is 0.338 e. The van der Waals surface area contributed by atoms with E-state index < -0.39 is 5.97 Å². The minimum absolute atomic E-state index is 0.0661. The fourth-order valence-electron chi connectivity index (χ4n) is 4.09. The third kappa shape index (κ3) is 5.31. The summed E-state index contributed by atoms with van der Waals surface area (Å²) in [6, 6.07) is 15.3. The number of ether oxygens (including phenoxy) is 2. The molecule has 1 unspecified atom stereocenters. The second-order valence-corrected chi connectivity index (χ2v) is 8.02. The van der Waals surface area contributed by atoms with Gasteiger partial charge in [0, 0.05) is 5.39 Å². The van der Waals surface area contributed by atoms with E-state index >= 15 is 0 Å². The molecule has 4 heteroatoms. The number of aromatic hydroxyl groups is 1. The van der Waals surface area contributed by atoms with Gasteiger partial charge in [-0.2, -0.15) is 0 Å². The third-order valence-electron chi connectivity index (χ3n) is 5.96. The van der Waals surface area contributed by atoms with Crippen LogP contribution in [-0.2, 0) is 11.2 Å². The molecule has 0 aliphatic rings. The van der Waals surface area contributed by atoms with Gasteiger partial charge in [-0.3, -0.25) is 0 Å². The zero-order valence-electron chi connectivity index (χ0n) is 19.2. The van der Waals surface area contributed by atoms with Gasteiger partial charge in [0.15, 0.2) is 0 Å². The standard InChI is InChI=1S/C28H32O4/c1-5-8-19(6-2)9-10-23-15-20(13-14-27(23)31-4)21-11-12-22-16-24(28(30)32-7-3)18-26(29)25(22)17-21/h5,11-19,29H,1,6-10H2,2-4H3. The number of rotatable bonds is 10. The predicted molar refractivity (Wildman–Crippen MR) is 130 cm³/mol. The molecule has 3 aromatic carbocycles. The zero-order chi connectivity index (χ0) is 23.1. The van der Waals surface area contributed by atoms with Crippen LogP contribution in [0.3, 0.4) is 0 Å². The first-order valence-corrected chi connectivity index (χ1v) is 11.2. The Balaban J connectivity index is 1.93. The van der Waals surface area contributed by atoms with Crippen LogP contribution in [-0.4, -0.2) is 24.8 Å². The van der Waals surface area contributed by atoms with Gasteiger partial charge in [-0.15, -0.1) is 6.58 Å². The SMILES string of the molecule is C=CCC(CC)CCc1cc(-c2ccc3cc(C(=O)OCC)cc(O)c3c2)ccc1OC. The van der Waals surface area contributed by atoms with Crippen molar-refractivity contribution in [3.63, 3.8) is 0 Å². The van der Waals surface area contributed by atoms with Gasteiger partial charge in [0.05, 0.1) is 19.3 Å². The van der Waals surface area contributed by atoms with Gasteiger partial charge in [-0.1, -0.05) is 37.6 Å². The Morgan fingerprint density at radius 1 is 1.09 bits per heavy atom. The lowest BCUT2D eigenvalue weighted by Gasteiger charge is -2.15. The highest BCUT2D eigenvalue weighted by molar-refractivity contribution is 5.99. The van der Waals surface area contributed by atoms with Crippen LogP contribution < -0.4 is 4.74 Å². The number of aryl methyl sites for hydroxylation is 1. The van der Waals surface area contributed by atoms with E-state index in [1.165, 1.54) is 11.6 Å². The monoisotopic (exact) mass is 432 g/mol. The minimum atomic E-state index is -0.435. The molecule has 0 fully saturated rings. The summed E-state index contributed by atoms with van der Waals surface area (Å²) in [5.41, 5.74) is 3.59. The number of allylic oxidation sites excluding steroid dienone is 1. The minimum Gasteiger partial charge on any atom is -0.507 e. The van der Waals surface area contributed by atoms with Crippen LogP contribution in [0.5, 0.6) is 11.5 Å². The van der Waals surface area contributed by atoms with Crippen LogP contribution in [0.2, 0.25) is 0 Å². The van der Waals surface area contributed by atoms with Gasteiger partial charge in [0.2, 0.25) is 0 Å². The Labute approximate surface area is 190 Å². The molecule has 0 saturated heterocycles. The van der Waals surface area contributed by atoms with Crippen LogP contribution >= 0.6 is 0 Å². The van der Waals surface area contributed by atoms with Crippen molar-refractivity contribution in [3.8, 4) is 22.6 Å². The predicted octanol–water partition coefficient (Wildman–Crippen LogP) is 6.93. The number of carbonyl (C=O) groups excluding carboxylic acids is 1. The van der Waals surface area contributed by atoms with Crippen LogP contribution in [0.1, 0.15) is 49.0 Å². The average molecular weight is 433 g/mol. The largest absolute Gasteiger partial charge is 0.507 e. The molecule has 0 heterocycles. The summed E-state index contributed by atoms with van der Waals surface area (Å²) in [5.74, 6) is 1.14. The van der Waals surface area contributed by atoms with Crippen molar-refractivity contribution in [2.24, 2.45) is 5.92 Å². The van der Waals surface area contributed by atoms with Crippen LogP contribution in [0, 0.1) is 5.92 Å². The summed E-state index contributed by atoms with van der Waals surface area (Å²) in [5, 5.41) is 12.1. The Bertz CT molecular complexity index is 1100. The molecule has 0 spiro atoms. The second-order valence-electron chi connectivity index (χ2n) is 8.02. The first kappa shape index (κ1) is 23.4. The summed E-state index contributed by atoms with van der Waals surface area (Å²) >= 11 is 0. The molecular weight excluding hydrogens is 400 g/mol. The summed E-state index contributed by atoms with van der Waals surface area (Å²) in [7, 11) is 1.70. The van der Waals surface area contributed by atoms with E-state index in [0.29, 0.717) is 23.5 Å². The van der Waals surface area contributed by atoms with E-state index in [0.717, 1.165) is 47.9 Å². The molecule has 0 radical (unpaired) electrons. The van der Waals surface area contributed by atoms with Gasteiger partial charge < -0.3 is 14.6 Å². The van der Waals surface area contributed by atoms with Crippen LogP contribution in [0.25, 0.3) is 21.9 Å². The van der Waals surface area contributed by atoms with Crippen molar-refractivity contribution in [3.05, 3.63) is 72.3 Å². The zero-order valence-corrected chi connectivity index (χ0v) is 19.2. The smallest absolute Gasteiger partial charge is 0.338 e. The van der Waals surface area contributed by atoms with Crippen molar-refractivity contribution >= 4 is 16.7 Å². The van der Waals surface area contributed by atoms with Crippen molar-refractivity contribution < 1.29 is 19.4 Å². The maximum atomic E-state index is 12.0. The Hall–Kier alpha value is -3.27. The number of hydrogen-bond acceptors (Lipinski definition) is 4. The van der Waals surface area contributed by atoms with Crippen molar-refractivity contribution in [2.45, 2.75) is 39.5 Å². The van der Waals surface area contributed by atoms with E-state index in [1.807, 2.05) is 36.4 Å².